The van der Waals surface area contributed by atoms with Crippen LogP contribution in [0.25, 0.3) is 10.9 Å². The summed E-state index contributed by atoms with van der Waals surface area (Å²) >= 11 is 6.56. The Bertz CT molecular complexity index is 1190. The first-order chi connectivity index (χ1) is 15.2. The van der Waals surface area contributed by atoms with Crippen molar-refractivity contribution in [2.45, 2.75) is 26.8 Å². The molecule has 6 heteroatoms. The molecular weight excluding hydrogens is 425 g/mol. The number of aromatic nitrogens is 1. The summed E-state index contributed by atoms with van der Waals surface area (Å²) in [6.45, 7) is 8.77. The Morgan fingerprint density at radius 2 is 1.78 bits per heavy atom. The van der Waals surface area contributed by atoms with Gasteiger partial charge in [-0.2, -0.15) is 0 Å². The molecule has 2 atom stereocenters. The Kier molecular flexibility index (Phi) is 5.10. The molecule has 2 fully saturated rings. The molecular formula is C26H29ClFN3O. The number of hydrogen-bond donors (Lipinski definition) is 0. The molecule has 0 aliphatic carbocycles. The number of carbonyl (C=O) groups is 1. The number of hydrogen-bond acceptors (Lipinski definition) is 2. The molecule has 3 heterocycles. The molecule has 2 aliphatic heterocycles. The molecule has 168 valence electrons. The maximum absolute atomic E-state index is 13.5. The van der Waals surface area contributed by atoms with Crippen molar-refractivity contribution in [2.24, 2.45) is 17.9 Å². The van der Waals surface area contributed by atoms with Gasteiger partial charge in [0.25, 0.3) is 5.91 Å². The number of halogens is 2. The lowest BCUT2D eigenvalue weighted by molar-refractivity contribution is 0.00678. The van der Waals surface area contributed by atoms with Crippen LogP contribution in [0.1, 0.15) is 36.2 Å². The van der Waals surface area contributed by atoms with Gasteiger partial charge in [-0.3, -0.25) is 9.69 Å². The van der Waals surface area contributed by atoms with Gasteiger partial charge in [-0.15, -0.1) is 0 Å². The van der Waals surface area contributed by atoms with E-state index in [1.807, 2.05) is 53.0 Å². The lowest BCUT2D eigenvalue weighted by Gasteiger charge is -2.48. The molecule has 5 rings (SSSR count). The van der Waals surface area contributed by atoms with Gasteiger partial charge in [0.2, 0.25) is 0 Å². The summed E-state index contributed by atoms with van der Waals surface area (Å²) in [6.07, 6.45) is 3.01. The van der Waals surface area contributed by atoms with Crippen molar-refractivity contribution in [2.75, 3.05) is 26.2 Å². The third-order valence-electron chi connectivity index (χ3n) is 7.90. The lowest BCUT2D eigenvalue weighted by atomic mass is 9.64. The number of piperidine rings is 1. The first kappa shape index (κ1) is 21.5. The van der Waals surface area contributed by atoms with E-state index in [2.05, 4.69) is 18.7 Å². The molecule has 0 saturated carbocycles. The molecule has 0 N–H and O–H groups in total. The van der Waals surface area contributed by atoms with Crippen molar-refractivity contribution >= 4 is 28.4 Å². The fourth-order valence-electron chi connectivity index (χ4n) is 5.63. The van der Waals surface area contributed by atoms with E-state index >= 15 is 0 Å². The minimum Gasteiger partial charge on any atom is -0.351 e. The van der Waals surface area contributed by atoms with Crippen molar-refractivity contribution in [3.8, 4) is 0 Å². The van der Waals surface area contributed by atoms with Crippen molar-refractivity contribution in [1.29, 1.82) is 0 Å². The van der Waals surface area contributed by atoms with Crippen LogP contribution in [-0.2, 0) is 13.6 Å². The maximum atomic E-state index is 13.5. The van der Waals surface area contributed by atoms with Gasteiger partial charge < -0.3 is 9.47 Å². The highest BCUT2D eigenvalue weighted by atomic mass is 35.5. The first-order valence-electron chi connectivity index (χ1n) is 11.2. The molecule has 2 unspecified atom stereocenters. The van der Waals surface area contributed by atoms with E-state index in [-0.39, 0.29) is 22.6 Å². The molecule has 1 aromatic heterocycles. The second-order valence-electron chi connectivity index (χ2n) is 10.2. The Hall–Kier alpha value is -2.37. The molecule has 32 heavy (non-hydrogen) atoms. The van der Waals surface area contributed by atoms with Gasteiger partial charge >= 0.3 is 0 Å². The minimum atomic E-state index is -0.204. The van der Waals surface area contributed by atoms with E-state index in [4.69, 9.17) is 11.6 Å². The fourth-order valence-corrected chi connectivity index (χ4v) is 5.87. The van der Waals surface area contributed by atoms with Crippen LogP contribution in [0.15, 0.2) is 48.7 Å². The molecule has 3 aromatic rings. The second-order valence-corrected chi connectivity index (χ2v) is 10.6. The maximum Gasteiger partial charge on any atom is 0.255 e. The molecule has 2 saturated heterocycles. The second kappa shape index (κ2) is 7.60. The Labute approximate surface area is 193 Å². The Morgan fingerprint density at radius 3 is 2.53 bits per heavy atom. The summed E-state index contributed by atoms with van der Waals surface area (Å²) in [6, 6.07) is 12.6. The summed E-state index contributed by atoms with van der Waals surface area (Å²) in [4.78, 5) is 18.0. The topological polar surface area (TPSA) is 28.5 Å². The van der Waals surface area contributed by atoms with E-state index in [0.29, 0.717) is 17.1 Å². The third-order valence-corrected chi connectivity index (χ3v) is 8.21. The van der Waals surface area contributed by atoms with E-state index in [1.165, 1.54) is 12.1 Å². The van der Waals surface area contributed by atoms with Crippen LogP contribution in [0.3, 0.4) is 0 Å². The zero-order chi connectivity index (χ0) is 22.7. The summed E-state index contributed by atoms with van der Waals surface area (Å²) in [5.41, 5.74) is 2.78. The minimum absolute atomic E-state index is 0.00966. The fraction of sp³-hybridized carbons (Fsp3) is 0.423. The standard InChI is InChI=1S/C26H29ClFN3O/c1-25-9-11-30(14-18-4-6-20(28)7-5-18)15-26(25,2)17-31(16-25)24(32)21-12-19-8-10-29(3)23(19)13-22(21)27/h4-8,10,12-13H,9,11,14-17H2,1-3H3. The summed E-state index contributed by atoms with van der Waals surface area (Å²) < 4.78 is 15.3. The average Bonchev–Trinajstić information content (AvgIpc) is 3.25. The molecule has 4 nitrogen and oxygen atoms in total. The van der Waals surface area contributed by atoms with Crippen molar-refractivity contribution in [3.63, 3.8) is 0 Å². The highest BCUT2D eigenvalue weighted by Crippen LogP contribution is 2.52. The summed E-state index contributed by atoms with van der Waals surface area (Å²) in [7, 11) is 1.98. The largest absolute Gasteiger partial charge is 0.351 e. The first-order valence-corrected chi connectivity index (χ1v) is 11.6. The molecule has 0 spiro atoms. The monoisotopic (exact) mass is 453 g/mol. The highest BCUT2D eigenvalue weighted by Gasteiger charge is 2.55. The SMILES string of the molecule is Cn1ccc2cc(C(=O)N3CC4(C)CCN(Cc5ccc(F)cc5)CC4(C)C3)c(Cl)cc21. The van der Waals surface area contributed by atoms with Gasteiger partial charge in [0.1, 0.15) is 5.82 Å². The van der Waals surface area contributed by atoms with Crippen LogP contribution in [0.5, 0.6) is 0 Å². The number of benzene rings is 2. The van der Waals surface area contributed by atoms with Gasteiger partial charge in [-0.1, -0.05) is 37.6 Å². The molecule has 0 radical (unpaired) electrons. The number of rotatable bonds is 3. The van der Waals surface area contributed by atoms with Crippen LogP contribution in [0.4, 0.5) is 4.39 Å². The van der Waals surface area contributed by atoms with E-state index in [9.17, 15) is 9.18 Å². The zero-order valence-corrected chi connectivity index (χ0v) is 19.6. The van der Waals surface area contributed by atoms with E-state index < -0.39 is 0 Å². The number of nitrogens with zero attached hydrogens (tertiary/aromatic N) is 3. The lowest BCUT2D eigenvalue weighted by Crippen LogP contribution is -2.52. The molecule has 2 aliphatic rings. The van der Waals surface area contributed by atoms with Crippen LogP contribution < -0.4 is 0 Å². The van der Waals surface area contributed by atoms with Crippen molar-refractivity contribution < 1.29 is 9.18 Å². The zero-order valence-electron chi connectivity index (χ0n) is 18.9. The highest BCUT2D eigenvalue weighted by molar-refractivity contribution is 6.34. The molecule has 0 bridgehead atoms. The van der Waals surface area contributed by atoms with Gasteiger partial charge in [-0.25, -0.2) is 4.39 Å². The number of fused-ring (bicyclic) bond motifs is 2. The summed E-state index contributed by atoms with van der Waals surface area (Å²) in [5, 5.41) is 1.53. The smallest absolute Gasteiger partial charge is 0.255 e. The predicted molar refractivity (Wildman–Crippen MR) is 126 cm³/mol. The molecule has 2 aromatic carbocycles. The van der Waals surface area contributed by atoms with Crippen LogP contribution in [0.2, 0.25) is 5.02 Å². The Balaban J connectivity index is 1.36. The van der Waals surface area contributed by atoms with Gasteiger partial charge in [-0.05, 0) is 54.3 Å². The van der Waals surface area contributed by atoms with Crippen molar-refractivity contribution in [1.82, 2.24) is 14.4 Å². The van der Waals surface area contributed by atoms with Crippen LogP contribution >= 0.6 is 11.6 Å². The molecule has 1 amide bonds. The number of carbonyl (C=O) groups excluding carboxylic acids is 1. The van der Waals surface area contributed by atoms with Crippen molar-refractivity contribution in [3.05, 3.63) is 70.6 Å². The number of likely N-dealkylation sites (tertiary alicyclic amines) is 2. The van der Waals surface area contributed by atoms with E-state index in [1.54, 1.807) is 0 Å². The number of amides is 1. The average molecular weight is 454 g/mol. The Morgan fingerprint density at radius 1 is 1.06 bits per heavy atom. The van der Waals surface area contributed by atoms with Gasteiger partial charge in [0.05, 0.1) is 10.6 Å². The van der Waals surface area contributed by atoms with Crippen LogP contribution in [0, 0.1) is 16.6 Å². The quantitative estimate of drug-likeness (QED) is 0.535. The van der Waals surface area contributed by atoms with Crippen LogP contribution in [-0.4, -0.2) is 46.5 Å². The third kappa shape index (κ3) is 3.52. The normalized spacial score (nSPS) is 26.0. The van der Waals surface area contributed by atoms with E-state index in [0.717, 1.165) is 49.1 Å². The number of aryl methyl sites for hydroxylation is 1. The predicted octanol–water partition coefficient (Wildman–Crippen LogP) is 5.35. The summed E-state index contributed by atoms with van der Waals surface area (Å²) in [5.74, 6) is -0.188. The van der Waals surface area contributed by atoms with Gasteiger partial charge in [0, 0.05) is 55.7 Å². The van der Waals surface area contributed by atoms with Gasteiger partial charge in [0.15, 0.2) is 0 Å².